The van der Waals surface area contributed by atoms with E-state index in [1.807, 2.05) is 0 Å². The highest BCUT2D eigenvalue weighted by Crippen LogP contribution is 2.31. The summed E-state index contributed by atoms with van der Waals surface area (Å²) in [6, 6.07) is 13.3. The van der Waals surface area contributed by atoms with Gasteiger partial charge in [0.2, 0.25) is 0 Å². The van der Waals surface area contributed by atoms with E-state index in [9.17, 15) is 18.7 Å². The highest BCUT2D eigenvalue weighted by atomic mass is 32.2. The first kappa shape index (κ1) is 17.2. The highest BCUT2D eigenvalue weighted by Gasteiger charge is 2.16. The minimum Gasteiger partial charge on any atom is -0.478 e. The first-order chi connectivity index (χ1) is 13.0. The lowest BCUT2D eigenvalue weighted by molar-refractivity contribution is 0.0697. The Balaban J connectivity index is 1.79. The molecule has 0 aliphatic carbocycles. The first-order valence-electron chi connectivity index (χ1n) is 7.83. The summed E-state index contributed by atoms with van der Waals surface area (Å²) in [5, 5.41) is 17.6. The molecule has 5 nitrogen and oxygen atoms in total. The number of aromatic nitrogens is 3. The molecule has 134 valence electrons. The number of hydrogen-bond acceptors (Lipinski definition) is 4. The Labute approximate surface area is 156 Å². The third kappa shape index (κ3) is 3.26. The van der Waals surface area contributed by atoms with E-state index in [1.165, 1.54) is 18.2 Å². The van der Waals surface area contributed by atoms with Gasteiger partial charge in [0.15, 0.2) is 11.5 Å². The van der Waals surface area contributed by atoms with E-state index in [0.717, 1.165) is 17.8 Å². The largest absolute Gasteiger partial charge is 0.478 e. The third-order valence-corrected chi connectivity index (χ3v) is 4.92. The summed E-state index contributed by atoms with van der Waals surface area (Å²) >= 11 is 1.12. The first-order valence-corrected chi connectivity index (χ1v) is 8.65. The molecule has 4 aromatic rings. The molecule has 27 heavy (non-hydrogen) atoms. The van der Waals surface area contributed by atoms with Crippen LogP contribution in [0.2, 0.25) is 0 Å². The summed E-state index contributed by atoms with van der Waals surface area (Å²) in [5.74, 6) is -2.00. The van der Waals surface area contributed by atoms with Crippen molar-refractivity contribution in [2.24, 2.45) is 0 Å². The van der Waals surface area contributed by atoms with Gasteiger partial charge in [0, 0.05) is 27.6 Å². The Morgan fingerprint density at radius 2 is 1.85 bits per heavy atom. The van der Waals surface area contributed by atoms with Crippen LogP contribution in [0, 0.1) is 11.6 Å². The van der Waals surface area contributed by atoms with Crippen LogP contribution in [0.5, 0.6) is 0 Å². The van der Waals surface area contributed by atoms with Crippen LogP contribution in [0.3, 0.4) is 0 Å². The van der Waals surface area contributed by atoms with E-state index in [2.05, 4.69) is 10.2 Å². The van der Waals surface area contributed by atoms with Gasteiger partial charge in [-0.3, -0.25) is 4.40 Å². The molecule has 0 bridgehead atoms. The molecule has 0 aliphatic rings. The van der Waals surface area contributed by atoms with Crippen molar-refractivity contribution in [1.29, 1.82) is 0 Å². The van der Waals surface area contributed by atoms with E-state index in [-0.39, 0.29) is 10.5 Å². The second kappa shape index (κ2) is 6.81. The average Bonchev–Trinajstić information content (AvgIpc) is 3.07. The number of carboxylic acids is 1. The van der Waals surface area contributed by atoms with E-state index >= 15 is 0 Å². The normalized spacial score (nSPS) is 11.0. The molecule has 2 aromatic carbocycles. The highest BCUT2D eigenvalue weighted by molar-refractivity contribution is 7.99. The van der Waals surface area contributed by atoms with Crippen LogP contribution in [-0.2, 0) is 0 Å². The smallest absolute Gasteiger partial charge is 0.336 e. The number of hydrogen-bond donors (Lipinski definition) is 1. The molecule has 0 radical (unpaired) electrons. The molecule has 0 atom stereocenters. The average molecular weight is 383 g/mol. The van der Waals surface area contributed by atoms with Gasteiger partial charge in [-0.2, -0.15) is 0 Å². The summed E-state index contributed by atoms with van der Waals surface area (Å²) in [4.78, 5) is 12.4. The molecular weight excluding hydrogens is 372 g/mol. The van der Waals surface area contributed by atoms with Crippen LogP contribution >= 0.6 is 11.8 Å². The van der Waals surface area contributed by atoms with Crippen LogP contribution in [0.15, 0.2) is 70.6 Å². The van der Waals surface area contributed by atoms with Crippen LogP contribution in [0.25, 0.3) is 17.0 Å². The van der Waals surface area contributed by atoms with E-state index < -0.39 is 17.6 Å². The molecule has 0 unspecified atom stereocenters. The fraction of sp³-hybridized carbons (Fsp3) is 0. The Hall–Kier alpha value is -3.26. The van der Waals surface area contributed by atoms with Crippen LogP contribution in [0.4, 0.5) is 8.78 Å². The predicted molar refractivity (Wildman–Crippen MR) is 95.9 cm³/mol. The van der Waals surface area contributed by atoms with Gasteiger partial charge in [0.05, 0.1) is 5.56 Å². The second-order valence-electron chi connectivity index (χ2n) is 5.64. The van der Waals surface area contributed by atoms with Crippen molar-refractivity contribution in [3.8, 4) is 11.4 Å². The zero-order valence-corrected chi connectivity index (χ0v) is 14.5. The van der Waals surface area contributed by atoms with Crippen molar-refractivity contribution in [3.05, 3.63) is 78.0 Å². The van der Waals surface area contributed by atoms with E-state index in [4.69, 9.17) is 0 Å². The molecular formula is C19H11F2N3O2S. The van der Waals surface area contributed by atoms with Crippen molar-refractivity contribution in [2.75, 3.05) is 0 Å². The van der Waals surface area contributed by atoms with Crippen LogP contribution < -0.4 is 0 Å². The number of carboxylic acid groups (broad SMARTS) is 1. The molecule has 0 aliphatic heterocycles. The molecule has 1 N–H and O–H groups in total. The molecule has 0 spiro atoms. The van der Waals surface area contributed by atoms with Gasteiger partial charge in [-0.05, 0) is 30.3 Å². The van der Waals surface area contributed by atoms with Gasteiger partial charge < -0.3 is 5.11 Å². The SMILES string of the molecule is O=C(O)c1ccccc1-c1nnc2ccc(Sc3ccc(F)cc3F)cn12. The molecule has 0 fully saturated rings. The zero-order chi connectivity index (χ0) is 19.0. The summed E-state index contributed by atoms with van der Waals surface area (Å²) in [5.41, 5.74) is 1.05. The Kier molecular flexibility index (Phi) is 4.33. The van der Waals surface area contributed by atoms with Crippen molar-refractivity contribution >= 4 is 23.4 Å². The standard InChI is InChI=1S/C19H11F2N3O2S/c20-11-5-7-16(15(21)9-11)27-12-6-8-17-22-23-18(24(17)10-12)13-3-1-2-4-14(13)19(25)26/h1-10H,(H,25,26). The summed E-state index contributed by atoms with van der Waals surface area (Å²) < 4.78 is 28.6. The number of benzene rings is 2. The molecule has 2 heterocycles. The topological polar surface area (TPSA) is 67.5 Å². The lowest BCUT2D eigenvalue weighted by Gasteiger charge is -2.07. The molecule has 0 saturated heterocycles. The number of fused-ring (bicyclic) bond motifs is 1. The number of carbonyl (C=O) groups is 1. The van der Waals surface area contributed by atoms with Crippen LogP contribution in [0.1, 0.15) is 10.4 Å². The van der Waals surface area contributed by atoms with Crippen molar-refractivity contribution < 1.29 is 18.7 Å². The number of pyridine rings is 1. The molecule has 0 amide bonds. The molecule has 8 heteroatoms. The minimum atomic E-state index is -1.07. The van der Waals surface area contributed by atoms with Crippen LogP contribution in [-0.4, -0.2) is 25.7 Å². The lowest BCUT2D eigenvalue weighted by atomic mass is 10.1. The van der Waals surface area contributed by atoms with Gasteiger partial charge in [0.25, 0.3) is 0 Å². The Morgan fingerprint density at radius 3 is 2.63 bits per heavy atom. The van der Waals surface area contributed by atoms with Gasteiger partial charge in [-0.1, -0.05) is 30.0 Å². The zero-order valence-electron chi connectivity index (χ0n) is 13.6. The van der Waals surface area contributed by atoms with Crippen molar-refractivity contribution in [3.63, 3.8) is 0 Å². The predicted octanol–water partition coefficient (Wildman–Crippen LogP) is 4.52. The van der Waals surface area contributed by atoms with Gasteiger partial charge in [-0.25, -0.2) is 13.6 Å². The number of halogens is 2. The fourth-order valence-electron chi connectivity index (χ4n) is 2.66. The maximum absolute atomic E-state index is 13.9. The monoisotopic (exact) mass is 383 g/mol. The quantitative estimate of drug-likeness (QED) is 0.561. The van der Waals surface area contributed by atoms with Crippen molar-refractivity contribution in [2.45, 2.75) is 9.79 Å². The van der Waals surface area contributed by atoms with Gasteiger partial charge in [-0.15, -0.1) is 10.2 Å². The van der Waals surface area contributed by atoms with E-state index in [1.54, 1.807) is 40.9 Å². The number of rotatable bonds is 4. The molecule has 2 aromatic heterocycles. The maximum atomic E-state index is 13.9. The Bertz CT molecular complexity index is 1180. The summed E-state index contributed by atoms with van der Waals surface area (Å²) in [7, 11) is 0. The second-order valence-corrected chi connectivity index (χ2v) is 6.76. The van der Waals surface area contributed by atoms with Crippen molar-refractivity contribution in [1.82, 2.24) is 14.6 Å². The lowest BCUT2D eigenvalue weighted by Crippen LogP contribution is -2.01. The molecule has 0 saturated carbocycles. The third-order valence-electron chi connectivity index (χ3n) is 3.90. The summed E-state index contributed by atoms with van der Waals surface area (Å²) in [6.07, 6.45) is 1.69. The maximum Gasteiger partial charge on any atom is 0.336 e. The molecule has 4 rings (SSSR count). The number of nitrogens with zero attached hydrogens (tertiary/aromatic N) is 3. The van der Waals surface area contributed by atoms with E-state index in [0.29, 0.717) is 21.9 Å². The van der Waals surface area contributed by atoms with Gasteiger partial charge >= 0.3 is 5.97 Å². The summed E-state index contributed by atoms with van der Waals surface area (Å²) in [6.45, 7) is 0. The minimum absolute atomic E-state index is 0.106. The van der Waals surface area contributed by atoms with Gasteiger partial charge in [0.1, 0.15) is 11.6 Å². The fourth-order valence-corrected chi connectivity index (χ4v) is 3.51. The Morgan fingerprint density at radius 1 is 1.04 bits per heavy atom. The number of aromatic carboxylic acids is 1.